The molecule has 8 aromatic rings. The average Bonchev–Trinajstić information content (AvgIpc) is 4.31. The highest BCUT2D eigenvalue weighted by Gasteiger charge is 2.61. The van der Waals surface area contributed by atoms with Crippen molar-refractivity contribution in [3.63, 3.8) is 0 Å². The summed E-state index contributed by atoms with van der Waals surface area (Å²) in [6.07, 6.45) is 5.09. The van der Waals surface area contributed by atoms with E-state index < -0.39 is 11.1 Å². The minimum Gasteiger partial charge on any atom is -0.399 e. The molecule has 4 N–H and O–H groups in total. The number of nitrogens with one attached hydrogen (secondary N) is 2. The minimum absolute atomic E-state index is 0.224. The molecule has 14 nitrogen and oxygen atoms in total. The molecule has 2 atom stereocenters. The molecule has 4 saturated heterocycles. The summed E-state index contributed by atoms with van der Waals surface area (Å²) in [5.41, 5.74) is 13.5. The van der Waals surface area contributed by atoms with Crippen molar-refractivity contribution >= 4 is 117 Å². The third kappa shape index (κ3) is 12.1. The van der Waals surface area contributed by atoms with E-state index in [4.69, 9.17) is 52.1 Å². The van der Waals surface area contributed by atoms with E-state index in [9.17, 15) is 28.8 Å². The van der Waals surface area contributed by atoms with Crippen LogP contribution in [0.2, 0.25) is 20.1 Å². The number of hydrogen-bond acceptors (Lipinski definition) is 8. The fourth-order valence-electron chi connectivity index (χ4n) is 11.1. The lowest BCUT2D eigenvalue weighted by atomic mass is 9.87. The van der Waals surface area contributed by atoms with E-state index >= 15 is 0 Å². The van der Waals surface area contributed by atoms with Gasteiger partial charge >= 0.3 is 18.1 Å². The zero-order valence-corrected chi connectivity index (χ0v) is 46.9. The van der Waals surface area contributed by atoms with Crippen LogP contribution in [-0.4, -0.2) is 70.0 Å². The summed E-state index contributed by atoms with van der Waals surface area (Å²) in [5, 5.41) is 7.17. The van der Waals surface area contributed by atoms with Gasteiger partial charge in [-0.25, -0.2) is 29.0 Å². The van der Waals surface area contributed by atoms with Crippen LogP contribution in [0.15, 0.2) is 199 Å². The number of nitrogens with zero attached hydrogens (tertiary/aromatic N) is 5. The van der Waals surface area contributed by atoms with Crippen molar-refractivity contribution in [2.75, 3.05) is 39.3 Å². The molecular formula is C64H52Cl4N8O6. The van der Waals surface area contributed by atoms with Crippen LogP contribution in [0.25, 0.3) is 22.3 Å². The molecule has 12 rings (SSSR count). The highest BCUT2D eigenvalue weighted by Crippen LogP contribution is 2.45. The fraction of sp³-hybridized carbons (Fsp3) is 0.156. The normalized spacial score (nSPS) is 17.8. The number of hydrogen-bond donors (Lipinski definition) is 3. The van der Waals surface area contributed by atoms with Gasteiger partial charge in [0.1, 0.15) is 11.1 Å². The number of carbonyl (C=O) groups excluding carboxylic acids is 6. The second kappa shape index (κ2) is 24.5. The van der Waals surface area contributed by atoms with Gasteiger partial charge in [0.05, 0.1) is 17.1 Å². The Kier molecular flexibility index (Phi) is 16.9. The van der Waals surface area contributed by atoms with E-state index in [1.165, 1.54) is 15.9 Å². The number of para-hydroxylation sites is 2. The second-order valence-corrected chi connectivity index (χ2v) is 21.9. The van der Waals surface area contributed by atoms with Gasteiger partial charge in [-0.2, -0.15) is 4.99 Å². The molecule has 4 heterocycles. The number of nitrogens with two attached hydrogens (primary N) is 1. The number of halogens is 4. The number of amides is 8. The summed E-state index contributed by atoms with van der Waals surface area (Å²) >= 11 is 24.6. The van der Waals surface area contributed by atoms with Gasteiger partial charge in [0.15, 0.2) is 0 Å². The number of rotatable bonds is 11. The van der Waals surface area contributed by atoms with E-state index in [-0.39, 0.29) is 29.9 Å². The summed E-state index contributed by atoms with van der Waals surface area (Å²) in [7, 11) is 0. The number of imide groups is 2. The van der Waals surface area contributed by atoms with Gasteiger partial charge in [0.2, 0.25) is 6.08 Å². The van der Waals surface area contributed by atoms with Gasteiger partial charge < -0.3 is 26.2 Å². The van der Waals surface area contributed by atoms with Gasteiger partial charge in [-0.15, -0.1) is 0 Å². The SMILES string of the molecule is Nc1cccc(-c2ccc(CC34CCCN3C(=O)N(c3cc(Cl)cc(Cl)c3)C4=O)cc2)c1.O=C(Nc1ccccc1)Nc1cccc(-c2ccc(CC34CCCN3C(=O)N(c3cc(Cl)cc(Cl)c3)C4=O)cc2)c1.O=C=Nc1ccccc1. The maximum absolute atomic E-state index is 13.8. The summed E-state index contributed by atoms with van der Waals surface area (Å²) in [5.74, 6) is -0.479. The number of aliphatic imine (C=N–C) groups is 1. The molecule has 18 heteroatoms. The maximum atomic E-state index is 13.8. The van der Waals surface area contributed by atoms with Gasteiger partial charge in [-0.05, 0) is 144 Å². The van der Waals surface area contributed by atoms with E-state index in [2.05, 4.69) is 15.6 Å². The first-order chi connectivity index (χ1) is 39.6. The third-order valence-corrected chi connectivity index (χ3v) is 15.6. The second-order valence-electron chi connectivity index (χ2n) is 20.1. The Bertz CT molecular complexity index is 3740. The Morgan fingerprint density at radius 3 is 1.39 bits per heavy atom. The van der Waals surface area contributed by atoms with Crippen LogP contribution in [-0.2, 0) is 27.2 Å². The third-order valence-electron chi connectivity index (χ3n) is 14.8. The average molecular weight is 1170 g/mol. The smallest absolute Gasteiger partial charge is 0.332 e. The van der Waals surface area contributed by atoms with Crippen LogP contribution in [0.3, 0.4) is 0 Å². The zero-order valence-electron chi connectivity index (χ0n) is 43.9. The van der Waals surface area contributed by atoms with Gasteiger partial charge in [0, 0.05) is 63.1 Å². The molecule has 4 fully saturated rings. The highest BCUT2D eigenvalue weighted by molar-refractivity contribution is 6.36. The number of fused-ring (bicyclic) bond motifs is 2. The Hall–Kier alpha value is -8.75. The first-order valence-electron chi connectivity index (χ1n) is 26.3. The van der Waals surface area contributed by atoms with Crippen molar-refractivity contribution in [3.05, 3.63) is 225 Å². The van der Waals surface area contributed by atoms with Gasteiger partial charge in [-0.3, -0.25) is 9.59 Å². The predicted octanol–water partition coefficient (Wildman–Crippen LogP) is 15.3. The molecule has 0 radical (unpaired) electrons. The first kappa shape index (κ1) is 56.5. The van der Waals surface area contributed by atoms with Crippen molar-refractivity contribution in [1.82, 2.24) is 9.80 Å². The Morgan fingerprint density at radius 1 is 0.500 bits per heavy atom. The number of benzene rings is 8. The molecule has 2 unspecified atom stereocenters. The van der Waals surface area contributed by atoms with Crippen LogP contribution in [0, 0.1) is 0 Å². The number of anilines is 5. The van der Waals surface area contributed by atoms with Crippen molar-refractivity contribution < 1.29 is 28.8 Å². The molecule has 0 bridgehead atoms. The van der Waals surface area contributed by atoms with E-state index in [1.807, 2.05) is 146 Å². The summed E-state index contributed by atoms with van der Waals surface area (Å²) in [4.78, 5) is 85.4. The Balaban J connectivity index is 0.000000163. The number of isocyanates is 1. The summed E-state index contributed by atoms with van der Waals surface area (Å²) < 4.78 is 0. The van der Waals surface area contributed by atoms with E-state index in [0.29, 0.717) is 93.0 Å². The lowest BCUT2D eigenvalue weighted by Crippen LogP contribution is -2.47. The molecule has 412 valence electrons. The summed E-state index contributed by atoms with van der Waals surface area (Å²) in [6, 6.07) is 58.1. The number of urea groups is 3. The van der Waals surface area contributed by atoms with Crippen molar-refractivity contribution in [3.8, 4) is 22.3 Å². The largest absolute Gasteiger partial charge is 0.399 e. The van der Waals surface area contributed by atoms with Crippen LogP contribution in [0.1, 0.15) is 36.8 Å². The molecule has 82 heavy (non-hydrogen) atoms. The Morgan fingerprint density at radius 2 is 0.927 bits per heavy atom. The number of carbonyl (C=O) groups is 5. The van der Waals surface area contributed by atoms with E-state index in [1.54, 1.807) is 58.3 Å². The Labute approximate surface area is 493 Å². The standard InChI is InChI=1S/C32H26Cl2N4O3.C25H21Cl2N3O2.C7H5NO/c33-24-17-25(34)19-28(18-24)38-29(39)32(14-5-15-37(32)31(38)41)20-21-10-12-22(13-11-21)23-6-4-9-27(16-23)36-30(40)35-26-7-2-1-3-8-26;26-19-12-20(27)14-22(13-19)30-23(31)25(9-2-10-29(25)24(30)32)15-16-5-7-17(8-6-16)18-3-1-4-21(28)11-18;9-6-8-7-4-2-1-3-5-7/h1-4,6-13,16-19H,5,14-15,20H2,(H2,35,36,40);1,3-8,11-14H,2,9-10,15,28H2;1-5H. The van der Waals surface area contributed by atoms with E-state index in [0.717, 1.165) is 46.2 Å². The maximum Gasteiger partial charge on any atom is 0.332 e. The molecular weight excluding hydrogens is 1120 g/mol. The molecule has 4 aliphatic rings. The van der Waals surface area contributed by atoms with Crippen molar-refractivity contribution in [1.29, 1.82) is 0 Å². The molecule has 0 aliphatic carbocycles. The van der Waals surface area contributed by atoms with Crippen LogP contribution >= 0.6 is 46.4 Å². The molecule has 0 saturated carbocycles. The topological polar surface area (TPSA) is 178 Å². The molecule has 0 spiro atoms. The molecule has 8 aromatic carbocycles. The molecule has 0 aromatic heterocycles. The van der Waals surface area contributed by atoms with Gasteiger partial charge in [0.25, 0.3) is 11.8 Å². The number of nitrogen functional groups attached to an aromatic ring is 1. The quantitative estimate of drug-likeness (QED) is 0.0499. The van der Waals surface area contributed by atoms with Crippen molar-refractivity contribution in [2.45, 2.75) is 49.6 Å². The zero-order chi connectivity index (χ0) is 57.5. The minimum atomic E-state index is -0.941. The lowest BCUT2D eigenvalue weighted by molar-refractivity contribution is -0.124. The molecule has 8 amide bonds. The van der Waals surface area contributed by atoms with Crippen LogP contribution in [0.5, 0.6) is 0 Å². The first-order valence-corrected chi connectivity index (χ1v) is 27.8. The summed E-state index contributed by atoms with van der Waals surface area (Å²) in [6.45, 7) is 1.07. The monoisotopic (exact) mass is 1170 g/mol. The lowest BCUT2D eigenvalue weighted by Gasteiger charge is -2.28. The molecule has 4 aliphatic heterocycles. The van der Waals surface area contributed by atoms with Crippen molar-refractivity contribution in [2.24, 2.45) is 4.99 Å². The highest BCUT2D eigenvalue weighted by atomic mass is 35.5. The van der Waals surface area contributed by atoms with Crippen LogP contribution in [0.4, 0.5) is 48.5 Å². The van der Waals surface area contributed by atoms with Gasteiger partial charge in [-0.1, -0.05) is 156 Å². The predicted molar refractivity (Wildman–Crippen MR) is 325 cm³/mol. The fourth-order valence-corrected chi connectivity index (χ4v) is 12.1. The van der Waals surface area contributed by atoms with Crippen LogP contribution < -0.4 is 26.2 Å².